The number of piperidine rings is 1. The van der Waals surface area contributed by atoms with Crippen LogP contribution in [0, 0.1) is 0 Å². The van der Waals surface area contributed by atoms with Crippen molar-refractivity contribution >= 4 is 10.0 Å². The molecule has 0 saturated carbocycles. The molecule has 0 radical (unpaired) electrons. The van der Waals surface area contributed by atoms with E-state index in [0.717, 1.165) is 71.6 Å². The van der Waals surface area contributed by atoms with Gasteiger partial charge in [0.15, 0.2) is 0 Å². The normalized spacial score (nSPS) is 20.8. The first-order valence-corrected chi connectivity index (χ1v) is 16.1. The Morgan fingerprint density at radius 1 is 1.14 bits per heavy atom. The molecule has 4 aliphatic heterocycles. The molecule has 230 valence electrons. The summed E-state index contributed by atoms with van der Waals surface area (Å²) >= 11 is 0. The lowest BCUT2D eigenvalue weighted by molar-refractivity contribution is -0.908. The van der Waals surface area contributed by atoms with Gasteiger partial charge in [0.1, 0.15) is 12.6 Å². The summed E-state index contributed by atoms with van der Waals surface area (Å²) in [5.41, 5.74) is 4.47. The maximum Gasteiger partial charge on any atom is 0.416 e. The Labute approximate surface area is 247 Å². The van der Waals surface area contributed by atoms with Crippen LogP contribution in [-0.2, 0) is 35.7 Å². The molecular weight excluding hydrogens is 585 g/mol. The van der Waals surface area contributed by atoms with E-state index in [1.165, 1.54) is 21.3 Å². The number of hydrogen-bond acceptors (Lipinski definition) is 6. The van der Waals surface area contributed by atoms with Crippen molar-refractivity contribution in [2.75, 3.05) is 32.4 Å². The van der Waals surface area contributed by atoms with Crippen LogP contribution in [-0.4, -0.2) is 81.1 Å². The molecular formula is C29H34F3N6O4S+. The largest absolute Gasteiger partial charge is 0.429 e. The van der Waals surface area contributed by atoms with E-state index in [4.69, 9.17) is 5.10 Å². The molecule has 6 rings (SSSR count). The van der Waals surface area contributed by atoms with Crippen LogP contribution in [0.3, 0.4) is 0 Å². The summed E-state index contributed by atoms with van der Waals surface area (Å²) in [6.45, 7) is 2.75. The Morgan fingerprint density at radius 3 is 2.53 bits per heavy atom. The second-order valence-corrected chi connectivity index (χ2v) is 13.6. The first-order chi connectivity index (χ1) is 20.4. The maximum atomic E-state index is 13.2. The summed E-state index contributed by atoms with van der Waals surface area (Å²) in [4.78, 5) is 5.74. The highest BCUT2D eigenvalue weighted by molar-refractivity contribution is 7.88. The topological polar surface area (TPSA) is 118 Å². The molecule has 1 atom stereocenters. The number of pyridine rings is 1. The van der Waals surface area contributed by atoms with Crippen LogP contribution in [0.1, 0.15) is 41.1 Å². The van der Waals surface area contributed by atoms with Crippen LogP contribution in [0.25, 0.3) is 22.5 Å². The van der Waals surface area contributed by atoms with Gasteiger partial charge >= 0.3 is 6.18 Å². The minimum absolute atomic E-state index is 0.0704. The van der Waals surface area contributed by atoms with Crippen molar-refractivity contribution in [2.24, 2.45) is 0 Å². The van der Waals surface area contributed by atoms with Crippen molar-refractivity contribution in [2.45, 2.75) is 50.6 Å². The van der Waals surface area contributed by atoms with Gasteiger partial charge in [0, 0.05) is 67.1 Å². The average molecular weight is 620 g/mol. The van der Waals surface area contributed by atoms with Crippen LogP contribution < -0.4 is 4.90 Å². The maximum absolute atomic E-state index is 13.2. The summed E-state index contributed by atoms with van der Waals surface area (Å²) in [5, 5.41) is 25.7. The lowest BCUT2D eigenvalue weighted by Crippen LogP contribution is -3.14. The molecule has 0 spiro atoms. The smallest absolute Gasteiger partial charge is 0.416 e. The molecule has 0 amide bonds. The Bertz CT molecular complexity index is 1680. The van der Waals surface area contributed by atoms with Crippen molar-refractivity contribution in [1.82, 2.24) is 23.8 Å². The monoisotopic (exact) mass is 619 g/mol. The van der Waals surface area contributed by atoms with Crippen LogP contribution in [0.2, 0.25) is 0 Å². The van der Waals surface area contributed by atoms with E-state index >= 15 is 0 Å². The quantitative estimate of drug-likeness (QED) is 0.273. The molecule has 1 aromatic heterocycles. The van der Waals surface area contributed by atoms with Crippen molar-refractivity contribution in [3.8, 4) is 22.5 Å². The second-order valence-electron chi connectivity index (χ2n) is 11.6. The Hall–Kier alpha value is -3.46. The van der Waals surface area contributed by atoms with Gasteiger partial charge in [-0.2, -0.15) is 22.6 Å². The van der Waals surface area contributed by atoms with Crippen LogP contribution in [0.4, 0.5) is 13.2 Å². The van der Waals surface area contributed by atoms with Crippen LogP contribution in [0.15, 0.2) is 48.9 Å². The number of quaternary nitrogens is 1. The molecule has 1 saturated heterocycles. The van der Waals surface area contributed by atoms with Crippen molar-refractivity contribution in [3.05, 3.63) is 71.3 Å². The fourth-order valence-electron chi connectivity index (χ4n) is 6.43. The van der Waals surface area contributed by atoms with Gasteiger partial charge in [-0.1, -0.05) is 12.1 Å². The Morgan fingerprint density at radius 2 is 1.86 bits per heavy atom. The number of likely N-dealkylation sites (tertiary alicyclic amines) is 1. The molecule has 1 aromatic carbocycles. The highest BCUT2D eigenvalue weighted by atomic mass is 32.2. The third-order valence-corrected chi connectivity index (χ3v) is 9.92. The minimum atomic E-state index is -4.47. The van der Waals surface area contributed by atoms with Gasteiger partial charge in [-0.05, 0) is 29.7 Å². The first-order valence-electron chi connectivity index (χ1n) is 14.3. The first kappa shape index (κ1) is 29.6. The van der Waals surface area contributed by atoms with Gasteiger partial charge in [-0.3, -0.25) is 9.67 Å². The SMILES string of the molecule is CS(=O)(=O)N1CCc2c(c(-c3ccc(C(F)(F)F)cc3)nn2C[C@H](O)C[NH+]2CCC(c3cnc4ccn(O)cc3-4)CC2)C1. The van der Waals surface area contributed by atoms with Crippen molar-refractivity contribution in [3.63, 3.8) is 0 Å². The third kappa shape index (κ3) is 6.14. The Kier molecular flexibility index (Phi) is 7.73. The van der Waals surface area contributed by atoms with Crippen LogP contribution in [0.5, 0.6) is 0 Å². The number of benzene rings is 1. The van der Waals surface area contributed by atoms with E-state index in [-0.39, 0.29) is 19.6 Å². The van der Waals surface area contributed by atoms with Gasteiger partial charge in [0.05, 0.1) is 49.0 Å². The van der Waals surface area contributed by atoms with E-state index in [1.807, 2.05) is 6.20 Å². The summed E-state index contributed by atoms with van der Waals surface area (Å²) in [6, 6.07) is 6.48. The number of sulfonamides is 1. The van der Waals surface area contributed by atoms with Gasteiger partial charge in [0.25, 0.3) is 0 Å². The number of aromatic nitrogens is 4. The molecule has 0 unspecified atom stereocenters. The molecule has 3 N–H and O–H groups in total. The highest BCUT2D eigenvalue weighted by Gasteiger charge is 2.33. The molecule has 1 fully saturated rings. The van der Waals surface area contributed by atoms with E-state index in [1.54, 1.807) is 23.1 Å². The van der Waals surface area contributed by atoms with E-state index in [2.05, 4.69) is 4.98 Å². The summed E-state index contributed by atoms with van der Waals surface area (Å²) in [7, 11) is -3.48. The number of aliphatic hydroxyl groups is 1. The zero-order chi connectivity index (χ0) is 30.5. The highest BCUT2D eigenvalue weighted by Crippen LogP contribution is 2.35. The molecule has 0 aliphatic carbocycles. The number of hydrogen-bond donors (Lipinski definition) is 3. The van der Waals surface area contributed by atoms with Crippen LogP contribution >= 0.6 is 0 Å². The predicted molar refractivity (Wildman–Crippen MR) is 151 cm³/mol. The number of nitrogens with zero attached hydrogens (tertiary/aromatic N) is 5. The number of halogens is 3. The lowest BCUT2D eigenvalue weighted by atomic mass is 9.88. The number of alkyl halides is 3. The van der Waals surface area contributed by atoms with Gasteiger partial charge < -0.3 is 15.2 Å². The molecule has 4 aliphatic rings. The number of nitrogens with one attached hydrogen (secondary N) is 1. The summed E-state index contributed by atoms with van der Waals surface area (Å²) < 4.78 is 68.1. The lowest BCUT2D eigenvalue weighted by Gasteiger charge is -2.31. The second kappa shape index (κ2) is 11.2. The minimum Gasteiger partial charge on any atom is -0.429 e. The molecule has 5 heterocycles. The standard InChI is InChI=1S/C29H33F3N6O4S/c1-43(41,42)37-13-9-27-25(18-37)28(20-2-4-21(5-3-20)29(30,31)32)34-38(27)16-22(39)15-35-10-6-19(7-11-35)23-14-33-26-8-12-36(40)17-24(23)26/h2-5,8,12,14,17,19,22,39-40H,6-7,9-11,13,15-16,18H2,1H3/p+1/t22-/m1/s1. The van der Waals surface area contributed by atoms with Gasteiger partial charge in [0.2, 0.25) is 10.0 Å². The van der Waals surface area contributed by atoms with E-state index < -0.39 is 27.9 Å². The fourth-order valence-corrected chi connectivity index (χ4v) is 7.22. The molecule has 10 nitrogen and oxygen atoms in total. The average Bonchev–Trinajstić information content (AvgIpc) is 3.53. The molecule has 2 aromatic rings. The summed E-state index contributed by atoms with van der Waals surface area (Å²) in [5.74, 6) is 0.315. The molecule has 0 bridgehead atoms. The zero-order valence-electron chi connectivity index (χ0n) is 23.6. The number of rotatable bonds is 7. The van der Waals surface area contributed by atoms with E-state index in [9.17, 15) is 31.9 Å². The molecule has 43 heavy (non-hydrogen) atoms. The van der Waals surface area contributed by atoms with Gasteiger partial charge in [-0.25, -0.2) is 13.1 Å². The Balaban J connectivity index is 1.16. The van der Waals surface area contributed by atoms with Crippen molar-refractivity contribution in [1.29, 1.82) is 0 Å². The van der Waals surface area contributed by atoms with Crippen molar-refractivity contribution < 1.29 is 36.8 Å². The zero-order valence-corrected chi connectivity index (χ0v) is 24.4. The number of aliphatic hydroxyl groups excluding tert-OH is 1. The predicted octanol–water partition coefficient (Wildman–Crippen LogP) is 2.25. The van der Waals surface area contributed by atoms with E-state index in [0.29, 0.717) is 35.7 Å². The van der Waals surface area contributed by atoms with Gasteiger partial charge in [-0.15, -0.1) is 0 Å². The number of fused-ring (bicyclic) bond motifs is 2. The summed E-state index contributed by atoms with van der Waals surface area (Å²) in [6.07, 6.45) is 3.28. The third-order valence-electron chi connectivity index (χ3n) is 8.67. The molecule has 14 heteroatoms. The fraction of sp³-hybridized carbons (Fsp3) is 0.448.